The van der Waals surface area contributed by atoms with Crippen molar-refractivity contribution >= 4 is 17.0 Å². The molecule has 1 heterocycles. The van der Waals surface area contributed by atoms with Crippen molar-refractivity contribution in [3.63, 3.8) is 0 Å². The number of hydrogen-bond donors (Lipinski definition) is 0. The monoisotopic (exact) mass is 873 g/mol. The molecule has 0 N–H and O–H groups in total. The van der Waals surface area contributed by atoms with Gasteiger partial charge in [-0.3, -0.25) is 0 Å². The van der Waals surface area contributed by atoms with Crippen LogP contribution >= 0.6 is 0 Å². The molecule has 8 aromatic carbocycles. The van der Waals surface area contributed by atoms with E-state index < -0.39 is 0 Å². The Hall–Kier alpha value is -6.96. The summed E-state index contributed by atoms with van der Waals surface area (Å²) in [5.74, 6) is 1.19. The molecule has 68 heavy (non-hydrogen) atoms. The standard InChI is InChI=1S/C67H55N/c1-43-18-2-3-19-47(43)51-22-8-12-29-57(51)65-38-17-39-66-42-60(67(64(65)66)41-45(40-65)48-20-4-5-21-50(48)52-23-9-13-30-58(52)67)53-24-6-7-27-56(53)63-49(28-16-31-59(63)66)44-34-36-46(37-35-44)68-61-32-14-10-25-54(61)55-26-11-15-33-62(55)68/h2-14,16,18-32,34-37,45,60,64H,15,17,33,38-42H2,1H3. The fourth-order valence-corrected chi connectivity index (χ4v) is 16.8. The zero-order valence-corrected chi connectivity index (χ0v) is 38.9. The first-order valence-corrected chi connectivity index (χ1v) is 25.6. The molecule has 3 fully saturated rings. The molecular formula is C67H55N. The van der Waals surface area contributed by atoms with E-state index in [-0.39, 0.29) is 16.2 Å². The zero-order chi connectivity index (χ0) is 44.8. The van der Waals surface area contributed by atoms with Gasteiger partial charge in [0.1, 0.15) is 0 Å². The highest BCUT2D eigenvalue weighted by atomic mass is 15.0. The molecule has 0 aliphatic heterocycles. The highest BCUT2D eigenvalue weighted by Gasteiger charge is 2.74. The molecule has 4 bridgehead atoms. The van der Waals surface area contributed by atoms with Gasteiger partial charge < -0.3 is 4.57 Å². The topological polar surface area (TPSA) is 4.93 Å². The van der Waals surface area contributed by atoms with Crippen LogP contribution in [0.25, 0.3) is 67.2 Å². The van der Waals surface area contributed by atoms with Gasteiger partial charge in [0.2, 0.25) is 0 Å². The molecule has 0 saturated heterocycles. The SMILES string of the molecule is Cc1ccccc1-c1ccccc1C12CCCC34CC(c5ccccc5-c5c(-c6ccc(-n7c8c(c9ccccc97)C=CCC8)cc6)cccc53)C3(CC(C1)c1ccccc1-c1ccccc13)C24. The second-order valence-corrected chi connectivity index (χ2v) is 21.5. The summed E-state index contributed by atoms with van der Waals surface area (Å²) in [4.78, 5) is 0. The first-order chi connectivity index (χ1) is 33.6. The highest BCUT2D eigenvalue weighted by molar-refractivity contribution is 5.94. The quantitative estimate of drug-likeness (QED) is 0.166. The number of aryl methyl sites for hydroxylation is 1. The Labute approximate surface area is 400 Å². The number of rotatable bonds is 4. The Balaban J connectivity index is 1.00. The number of fused-ring (bicyclic) bond motifs is 12. The van der Waals surface area contributed by atoms with Gasteiger partial charge in [0.15, 0.2) is 0 Å². The minimum Gasteiger partial charge on any atom is -0.313 e. The minimum atomic E-state index is -0.0862. The van der Waals surface area contributed by atoms with Gasteiger partial charge in [-0.1, -0.05) is 188 Å². The van der Waals surface area contributed by atoms with Crippen LogP contribution in [0.3, 0.4) is 0 Å². The molecule has 9 aromatic rings. The molecule has 0 radical (unpaired) electrons. The van der Waals surface area contributed by atoms with Gasteiger partial charge in [0.25, 0.3) is 0 Å². The van der Waals surface area contributed by atoms with Crippen molar-refractivity contribution in [1.29, 1.82) is 0 Å². The van der Waals surface area contributed by atoms with E-state index in [0.29, 0.717) is 17.8 Å². The molecule has 15 rings (SSSR count). The predicted molar refractivity (Wildman–Crippen MR) is 282 cm³/mol. The number of nitrogens with zero attached hydrogens (tertiary/aromatic N) is 1. The van der Waals surface area contributed by atoms with E-state index in [2.05, 4.69) is 212 Å². The van der Waals surface area contributed by atoms with Crippen molar-refractivity contribution in [2.24, 2.45) is 5.92 Å². The van der Waals surface area contributed by atoms with Crippen LogP contribution in [0.2, 0.25) is 0 Å². The molecule has 6 atom stereocenters. The second-order valence-electron chi connectivity index (χ2n) is 21.5. The van der Waals surface area contributed by atoms with Gasteiger partial charge in [0.05, 0.1) is 5.52 Å². The molecule has 6 unspecified atom stereocenters. The number of hydrogen-bond acceptors (Lipinski definition) is 0. The van der Waals surface area contributed by atoms with Crippen LogP contribution in [-0.2, 0) is 22.7 Å². The lowest BCUT2D eigenvalue weighted by atomic mass is 9.39. The molecule has 1 spiro atoms. The maximum Gasteiger partial charge on any atom is 0.0537 e. The van der Waals surface area contributed by atoms with Crippen LogP contribution < -0.4 is 0 Å². The third-order valence-electron chi connectivity index (χ3n) is 18.8. The first-order valence-electron chi connectivity index (χ1n) is 25.6. The van der Waals surface area contributed by atoms with Crippen molar-refractivity contribution in [2.75, 3.05) is 0 Å². The van der Waals surface area contributed by atoms with Gasteiger partial charge in [-0.15, -0.1) is 0 Å². The molecule has 0 amide bonds. The van der Waals surface area contributed by atoms with Crippen molar-refractivity contribution < 1.29 is 0 Å². The molecule has 6 aliphatic carbocycles. The lowest BCUT2D eigenvalue weighted by Gasteiger charge is -2.64. The number of benzene rings is 8. The highest BCUT2D eigenvalue weighted by Crippen LogP contribution is 2.80. The van der Waals surface area contributed by atoms with Crippen molar-refractivity contribution in [2.45, 2.75) is 86.4 Å². The fourth-order valence-electron chi connectivity index (χ4n) is 16.8. The number of para-hydroxylation sites is 1. The van der Waals surface area contributed by atoms with Crippen molar-refractivity contribution in [3.05, 3.63) is 239 Å². The lowest BCUT2D eigenvalue weighted by Crippen LogP contribution is -2.60. The molecule has 328 valence electrons. The van der Waals surface area contributed by atoms with Crippen LogP contribution in [0.1, 0.15) is 101 Å². The van der Waals surface area contributed by atoms with Gasteiger partial charge >= 0.3 is 0 Å². The van der Waals surface area contributed by atoms with E-state index >= 15 is 0 Å². The molecule has 3 saturated carbocycles. The predicted octanol–water partition coefficient (Wildman–Crippen LogP) is 16.9. The van der Waals surface area contributed by atoms with Gasteiger partial charge in [-0.25, -0.2) is 0 Å². The lowest BCUT2D eigenvalue weighted by molar-refractivity contribution is 0.00368. The van der Waals surface area contributed by atoms with Crippen molar-refractivity contribution in [1.82, 2.24) is 4.57 Å². The third-order valence-corrected chi connectivity index (χ3v) is 18.8. The summed E-state index contributed by atoms with van der Waals surface area (Å²) in [6.07, 6.45) is 14.0. The van der Waals surface area contributed by atoms with Crippen LogP contribution in [0.5, 0.6) is 0 Å². The molecular weight excluding hydrogens is 819 g/mol. The van der Waals surface area contributed by atoms with Gasteiger partial charge in [-0.2, -0.15) is 0 Å². The Morgan fingerprint density at radius 3 is 1.96 bits per heavy atom. The second kappa shape index (κ2) is 14.3. The molecule has 1 aromatic heterocycles. The maximum atomic E-state index is 2.61. The van der Waals surface area contributed by atoms with E-state index in [1.165, 1.54) is 116 Å². The summed E-state index contributed by atoms with van der Waals surface area (Å²) < 4.78 is 2.53. The Morgan fingerprint density at radius 2 is 1.13 bits per heavy atom. The minimum absolute atomic E-state index is 0.0443. The van der Waals surface area contributed by atoms with E-state index in [0.717, 1.165) is 12.8 Å². The summed E-state index contributed by atoms with van der Waals surface area (Å²) in [5.41, 5.74) is 25.8. The average Bonchev–Trinajstić information content (AvgIpc) is 3.83. The summed E-state index contributed by atoms with van der Waals surface area (Å²) in [7, 11) is 0. The Bertz CT molecular complexity index is 3580. The summed E-state index contributed by atoms with van der Waals surface area (Å²) in [6.45, 7) is 2.32. The van der Waals surface area contributed by atoms with Crippen LogP contribution in [0.4, 0.5) is 0 Å². The normalized spacial score (nSPS) is 25.5. The molecule has 1 nitrogen and oxygen atoms in total. The van der Waals surface area contributed by atoms with Crippen molar-refractivity contribution in [3.8, 4) is 50.2 Å². The van der Waals surface area contributed by atoms with E-state index in [1.807, 2.05) is 0 Å². The number of allylic oxidation sites excluding steroid dienone is 1. The number of aromatic nitrogens is 1. The zero-order valence-electron chi connectivity index (χ0n) is 38.9. The van der Waals surface area contributed by atoms with Crippen LogP contribution in [-0.4, -0.2) is 4.57 Å². The Kier molecular flexibility index (Phi) is 8.21. The van der Waals surface area contributed by atoms with E-state index in [9.17, 15) is 0 Å². The average molecular weight is 874 g/mol. The molecule has 6 aliphatic rings. The summed E-state index contributed by atoms with van der Waals surface area (Å²) in [5, 5.41) is 1.35. The van der Waals surface area contributed by atoms with Crippen LogP contribution in [0.15, 0.2) is 194 Å². The van der Waals surface area contributed by atoms with Gasteiger partial charge in [-0.05, 0) is 166 Å². The smallest absolute Gasteiger partial charge is 0.0537 e. The fraction of sp³-hybridized carbons (Fsp3) is 0.224. The first kappa shape index (κ1) is 39.1. The summed E-state index contributed by atoms with van der Waals surface area (Å²) >= 11 is 0. The molecule has 1 heteroatoms. The largest absolute Gasteiger partial charge is 0.313 e. The third kappa shape index (κ3) is 5.02. The maximum absolute atomic E-state index is 2.61. The van der Waals surface area contributed by atoms with E-state index in [4.69, 9.17) is 0 Å². The van der Waals surface area contributed by atoms with E-state index in [1.54, 1.807) is 27.8 Å². The van der Waals surface area contributed by atoms with Gasteiger partial charge in [0, 0.05) is 38.6 Å². The Morgan fingerprint density at radius 1 is 0.500 bits per heavy atom. The summed E-state index contributed by atoms with van der Waals surface area (Å²) in [6, 6.07) is 74.2. The van der Waals surface area contributed by atoms with Crippen LogP contribution in [0, 0.1) is 12.8 Å².